The Balaban J connectivity index is 0.00000289. The van der Waals surface area contributed by atoms with Gasteiger partial charge in [-0.05, 0) is 72.1 Å². The van der Waals surface area contributed by atoms with Crippen molar-refractivity contribution in [2.75, 3.05) is 5.32 Å². The van der Waals surface area contributed by atoms with Crippen molar-refractivity contribution >= 4 is 69.5 Å². The fraction of sp³-hybridized carbons (Fsp3) is 0.125. The van der Waals surface area contributed by atoms with Crippen LogP contribution in [-0.2, 0) is 14.9 Å². The molecule has 0 aromatic heterocycles. The van der Waals surface area contributed by atoms with E-state index >= 15 is 0 Å². The molecule has 10 heteroatoms. The summed E-state index contributed by atoms with van der Waals surface area (Å²) in [4.78, 5) is 11.1. The van der Waals surface area contributed by atoms with Crippen molar-refractivity contribution < 1.29 is 47.3 Å². The Labute approximate surface area is 152 Å². The monoisotopic (exact) mass is 471 g/mol. The quantitative estimate of drug-likeness (QED) is 0.352. The molecule has 0 saturated heterocycles. The van der Waals surface area contributed by atoms with Crippen LogP contribution in [0.1, 0.15) is 0 Å². The average molecular weight is 474 g/mol. The van der Waals surface area contributed by atoms with Crippen LogP contribution in [0.4, 0.5) is 5.69 Å². The van der Waals surface area contributed by atoms with E-state index in [1.54, 1.807) is 0 Å². The molecule has 18 heavy (non-hydrogen) atoms. The Morgan fingerprint density at radius 3 is 1.94 bits per heavy atom. The normalized spacial score (nSPS) is 11.6. The number of halogens is 3. The van der Waals surface area contributed by atoms with Crippen LogP contribution in [0.5, 0.6) is 0 Å². The molecule has 0 fully saturated rings. The molecule has 0 aliphatic carbocycles. The number of hydrogen-bond donors (Lipinski definition) is 1. The van der Waals surface area contributed by atoms with Crippen LogP contribution in [0.25, 0.3) is 0 Å². The van der Waals surface area contributed by atoms with Crippen molar-refractivity contribution in [1.29, 1.82) is 0 Å². The third-order valence-corrected chi connectivity index (χ3v) is 3.59. The molecule has 0 bridgehead atoms. The van der Waals surface area contributed by atoms with Gasteiger partial charge in [0.15, 0.2) is 0 Å². The predicted octanol–water partition coefficient (Wildman–Crippen LogP) is -0.628. The maximum Gasteiger partial charge on any atom is 1.00 e. The standard InChI is InChI=1S/C8H6Br3NO4S.Na/c9-8(10,11)7(13)12-5-1-3-6(4-2-5)17(14,15)16;/h1-4H,(H,12,13)(H,14,15,16);/q;+1/p-1. The van der Waals surface area contributed by atoms with E-state index in [-0.39, 0.29) is 34.5 Å². The van der Waals surface area contributed by atoms with E-state index in [4.69, 9.17) is 0 Å². The maximum atomic E-state index is 11.5. The number of anilines is 1. The molecule has 0 aliphatic rings. The van der Waals surface area contributed by atoms with Crippen molar-refractivity contribution in [3.05, 3.63) is 24.3 Å². The Hall–Kier alpha value is 1.04. The van der Waals surface area contributed by atoms with E-state index in [0.29, 0.717) is 5.69 Å². The van der Waals surface area contributed by atoms with Crippen LogP contribution in [0.2, 0.25) is 0 Å². The Bertz CT molecular complexity index is 526. The molecule has 1 N–H and O–H groups in total. The van der Waals surface area contributed by atoms with Gasteiger partial charge in [0.05, 0.1) is 4.90 Å². The van der Waals surface area contributed by atoms with Gasteiger partial charge >= 0.3 is 29.6 Å². The zero-order chi connectivity index (χ0) is 13.3. The largest absolute Gasteiger partial charge is 1.00 e. The summed E-state index contributed by atoms with van der Waals surface area (Å²) in [7, 11) is -4.47. The van der Waals surface area contributed by atoms with Gasteiger partial charge in [-0.3, -0.25) is 4.79 Å². The molecule has 1 rings (SSSR count). The van der Waals surface area contributed by atoms with E-state index in [0.717, 1.165) is 12.1 Å². The second kappa shape index (κ2) is 7.16. The van der Waals surface area contributed by atoms with Gasteiger partial charge in [-0.2, -0.15) is 0 Å². The molecule has 0 spiro atoms. The van der Waals surface area contributed by atoms with E-state index < -0.39 is 18.2 Å². The summed E-state index contributed by atoms with van der Waals surface area (Å²) in [5, 5.41) is 2.48. The van der Waals surface area contributed by atoms with Gasteiger partial charge < -0.3 is 9.87 Å². The Kier molecular flexibility index (Phi) is 7.58. The summed E-state index contributed by atoms with van der Waals surface area (Å²) in [6, 6.07) is 4.88. The number of hydrogen-bond acceptors (Lipinski definition) is 4. The summed E-state index contributed by atoms with van der Waals surface area (Å²) in [5.74, 6) is -0.435. The molecule has 0 unspecified atom stereocenters. The van der Waals surface area contributed by atoms with Gasteiger partial charge in [0.1, 0.15) is 10.1 Å². The molecule has 94 valence electrons. The van der Waals surface area contributed by atoms with Crippen molar-refractivity contribution in [3.63, 3.8) is 0 Å². The van der Waals surface area contributed by atoms with Gasteiger partial charge in [-0.1, -0.05) is 0 Å². The Morgan fingerprint density at radius 1 is 1.17 bits per heavy atom. The third kappa shape index (κ3) is 6.00. The van der Waals surface area contributed by atoms with Crippen molar-refractivity contribution in [1.82, 2.24) is 0 Å². The second-order valence-electron chi connectivity index (χ2n) is 2.93. The maximum absolute atomic E-state index is 11.5. The second-order valence-corrected chi connectivity index (χ2v) is 11.1. The molecular weight excluding hydrogens is 469 g/mol. The number of amides is 1. The first-order valence-electron chi connectivity index (χ1n) is 4.05. The molecule has 0 atom stereocenters. The molecule has 1 amide bonds. The van der Waals surface area contributed by atoms with Crippen molar-refractivity contribution in [2.45, 2.75) is 7.04 Å². The fourth-order valence-electron chi connectivity index (χ4n) is 0.907. The molecule has 0 radical (unpaired) electrons. The van der Waals surface area contributed by atoms with Crippen LogP contribution >= 0.6 is 47.8 Å². The summed E-state index contributed by atoms with van der Waals surface area (Å²) < 4.78 is 30.9. The van der Waals surface area contributed by atoms with Crippen molar-refractivity contribution in [2.24, 2.45) is 0 Å². The first kappa shape index (κ1) is 19.0. The summed E-state index contributed by atoms with van der Waals surface area (Å²) in [6.45, 7) is 0. The van der Waals surface area contributed by atoms with Crippen molar-refractivity contribution in [3.8, 4) is 0 Å². The topological polar surface area (TPSA) is 86.3 Å². The summed E-state index contributed by atoms with van der Waals surface area (Å²) in [6.07, 6.45) is 0. The third-order valence-electron chi connectivity index (χ3n) is 1.66. The SMILES string of the molecule is O=C(Nc1ccc(S(=O)(=O)[O-])cc1)C(Br)(Br)Br.[Na+]. The van der Waals surface area contributed by atoms with Crippen LogP contribution in [0, 0.1) is 0 Å². The summed E-state index contributed by atoms with van der Waals surface area (Å²) >= 11 is 9.07. The molecular formula is C8H5Br3NNaO4S. The zero-order valence-corrected chi connectivity index (χ0v) is 16.6. The molecule has 0 heterocycles. The Morgan fingerprint density at radius 2 is 1.61 bits per heavy atom. The number of carbonyl (C=O) groups excluding carboxylic acids is 1. The number of nitrogens with one attached hydrogen (secondary N) is 1. The molecule has 1 aromatic carbocycles. The zero-order valence-electron chi connectivity index (χ0n) is 8.98. The first-order valence-corrected chi connectivity index (χ1v) is 7.83. The van der Waals surface area contributed by atoms with Gasteiger partial charge in [-0.15, -0.1) is 0 Å². The molecule has 0 aliphatic heterocycles. The van der Waals surface area contributed by atoms with E-state index in [9.17, 15) is 17.8 Å². The fourth-order valence-corrected chi connectivity index (χ4v) is 1.67. The van der Waals surface area contributed by atoms with Gasteiger partial charge in [0.2, 0.25) is 2.14 Å². The average Bonchev–Trinajstić information content (AvgIpc) is 2.15. The summed E-state index contributed by atoms with van der Waals surface area (Å²) in [5.41, 5.74) is 0.366. The predicted molar refractivity (Wildman–Crippen MR) is 72.5 cm³/mol. The van der Waals surface area contributed by atoms with Gasteiger partial charge in [0, 0.05) is 5.69 Å². The van der Waals surface area contributed by atoms with E-state index in [1.807, 2.05) is 0 Å². The first-order chi connectivity index (χ1) is 7.60. The molecule has 0 saturated carbocycles. The minimum absolute atomic E-state index is 0. The van der Waals surface area contributed by atoms with Crippen LogP contribution < -0.4 is 34.9 Å². The van der Waals surface area contributed by atoms with Gasteiger partial charge in [0.25, 0.3) is 5.91 Å². The van der Waals surface area contributed by atoms with E-state index in [2.05, 4.69) is 53.1 Å². The molecule has 5 nitrogen and oxygen atoms in total. The number of alkyl halides is 3. The number of carbonyl (C=O) groups is 1. The number of benzene rings is 1. The van der Waals surface area contributed by atoms with Crippen LogP contribution in [0.3, 0.4) is 0 Å². The molecule has 1 aromatic rings. The minimum atomic E-state index is -4.47. The smallest absolute Gasteiger partial charge is 0.744 e. The minimum Gasteiger partial charge on any atom is -0.744 e. The van der Waals surface area contributed by atoms with E-state index in [1.165, 1.54) is 12.1 Å². The number of rotatable bonds is 2. The van der Waals surface area contributed by atoms with Crippen LogP contribution in [-0.4, -0.2) is 21.0 Å². The van der Waals surface area contributed by atoms with Gasteiger partial charge in [-0.25, -0.2) is 8.42 Å². The van der Waals surface area contributed by atoms with Crippen LogP contribution in [0.15, 0.2) is 29.2 Å².